The zero-order chi connectivity index (χ0) is 20.8. The molecule has 0 bridgehead atoms. The summed E-state index contributed by atoms with van der Waals surface area (Å²) in [6, 6.07) is 6.37. The second kappa shape index (κ2) is 9.41. The molecule has 1 aromatic carbocycles. The maximum absolute atomic E-state index is 11.7. The van der Waals surface area contributed by atoms with E-state index in [1.165, 1.54) is 11.8 Å². The summed E-state index contributed by atoms with van der Waals surface area (Å²) in [5.41, 5.74) is 0.738. The SMILES string of the molecule is CCOC(=O)CSc1nnc(CC2CC(=O)NC(=O)N2)n1-c1cccc(OC)c1. The van der Waals surface area contributed by atoms with Crippen molar-refractivity contribution in [3.05, 3.63) is 30.1 Å². The highest BCUT2D eigenvalue weighted by Gasteiger charge is 2.27. The number of benzene rings is 1. The molecule has 3 amide bonds. The first-order valence-corrected chi connectivity index (χ1v) is 9.96. The summed E-state index contributed by atoms with van der Waals surface area (Å²) < 4.78 is 12.0. The van der Waals surface area contributed by atoms with Crippen LogP contribution in [0.15, 0.2) is 29.4 Å². The number of esters is 1. The van der Waals surface area contributed by atoms with E-state index in [-0.39, 0.29) is 24.1 Å². The molecule has 0 radical (unpaired) electrons. The lowest BCUT2D eigenvalue weighted by Gasteiger charge is -2.23. The van der Waals surface area contributed by atoms with Gasteiger partial charge in [-0.2, -0.15) is 0 Å². The van der Waals surface area contributed by atoms with Crippen LogP contribution in [0.25, 0.3) is 5.69 Å². The monoisotopic (exact) mass is 419 g/mol. The van der Waals surface area contributed by atoms with Crippen LogP contribution in [-0.4, -0.2) is 58.2 Å². The van der Waals surface area contributed by atoms with Gasteiger partial charge < -0.3 is 14.8 Å². The average molecular weight is 419 g/mol. The van der Waals surface area contributed by atoms with Crippen LogP contribution in [-0.2, 0) is 20.7 Å². The van der Waals surface area contributed by atoms with Crippen LogP contribution in [0, 0.1) is 0 Å². The zero-order valence-corrected chi connectivity index (χ0v) is 16.8. The first-order chi connectivity index (χ1) is 14.0. The van der Waals surface area contributed by atoms with Crippen molar-refractivity contribution in [1.29, 1.82) is 0 Å². The van der Waals surface area contributed by atoms with Crippen molar-refractivity contribution in [2.24, 2.45) is 0 Å². The van der Waals surface area contributed by atoms with Gasteiger partial charge in [0.2, 0.25) is 5.91 Å². The molecule has 154 valence electrons. The minimum Gasteiger partial charge on any atom is -0.497 e. The summed E-state index contributed by atoms with van der Waals surface area (Å²) >= 11 is 1.19. The van der Waals surface area contributed by atoms with Gasteiger partial charge in [0.1, 0.15) is 11.6 Å². The van der Waals surface area contributed by atoms with Crippen molar-refractivity contribution in [2.45, 2.75) is 31.0 Å². The van der Waals surface area contributed by atoms with E-state index in [4.69, 9.17) is 9.47 Å². The number of carbonyl (C=O) groups is 3. The highest BCUT2D eigenvalue weighted by atomic mass is 32.2. The molecule has 1 aromatic heterocycles. The Morgan fingerprint density at radius 1 is 1.34 bits per heavy atom. The molecule has 1 unspecified atom stereocenters. The molecule has 29 heavy (non-hydrogen) atoms. The Kier molecular flexibility index (Phi) is 6.70. The van der Waals surface area contributed by atoms with Gasteiger partial charge in [0.05, 0.1) is 25.2 Å². The van der Waals surface area contributed by atoms with E-state index < -0.39 is 12.1 Å². The van der Waals surface area contributed by atoms with E-state index in [9.17, 15) is 14.4 Å². The van der Waals surface area contributed by atoms with Gasteiger partial charge >= 0.3 is 12.0 Å². The molecule has 2 heterocycles. The quantitative estimate of drug-likeness (QED) is 0.481. The molecule has 11 heteroatoms. The van der Waals surface area contributed by atoms with E-state index >= 15 is 0 Å². The van der Waals surface area contributed by atoms with Gasteiger partial charge in [0, 0.05) is 24.9 Å². The minimum atomic E-state index is -0.532. The molecular formula is C18H21N5O5S. The van der Waals surface area contributed by atoms with Crippen molar-refractivity contribution >= 4 is 29.7 Å². The number of nitrogens with one attached hydrogen (secondary N) is 2. The molecule has 1 saturated heterocycles. The van der Waals surface area contributed by atoms with Gasteiger partial charge in [-0.3, -0.25) is 19.5 Å². The molecule has 1 aliphatic rings. The maximum atomic E-state index is 11.7. The van der Waals surface area contributed by atoms with E-state index in [0.29, 0.717) is 29.8 Å². The third-order valence-electron chi connectivity index (χ3n) is 4.09. The van der Waals surface area contributed by atoms with Crippen molar-refractivity contribution in [1.82, 2.24) is 25.4 Å². The number of aromatic nitrogens is 3. The van der Waals surface area contributed by atoms with Crippen LogP contribution < -0.4 is 15.4 Å². The Hall–Kier alpha value is -3.08. The van der Waals surface area contributed by atoms with Gasteiger partial charge in [-0.05, 0) is 19.1 Å². The van der Waals surface area contributed by atoms with Crippen molar-refractivity contribution < 1.29 is 23.9 Å². The largest absolute Gasteiger partial charge is 0.497 e. The van der Waals surface area contributed by atoms with Gasteiger partial charge in [-0.25, -0.2) is 4.79 Å². The number of urea groups is 1. The zero-order valence-electron chi connectivity index (χ0n) is 16.0. The lowest BCUT2D eigenvalue weighted by Crippen LogP contribution is -2.53. The first-order valence-electron chi connectivity index (χ1n) is 8.97. The number of nitrogens with zero attached hydrogens (tertiary/aromatic N) is 3. The van der Waals surface area contributed by atoms with Crippen molar-refractivity contribution in [3.8, 4) is 11.4 Å². The second-order valence-corrected chi connectivity index (χ2v) is 7.10. The Balaban J connectivity index is 1.89. The predicted molar refractivity (Wildman–Crippen MR) is 104 cm³/mol. The number of rotatable bonds is 8. The number of hydrogen-bond donors (Lipinski definition) is 2. The molecule has 3 rings (SSSR count). The van der Waals surface area contributed by atoms with Crippen LogP contribution in [0.1, 0.15) is 19.2 Å². The highest BCUT2D eigenvalue weighted by Crippen LogP contribution is 2.25. The third kappa shape index (κ3) is 5.25. The number of methoxy groups -OCH3 is 1. The lowest BCUT2D eigenvalue weighted by molar-refractivity contribution is -0.139. The topological polar surface area (TPSA) is 124 Å². The fraction of sp³-hybridized carbons (Fsp3) is 0.389. The third-order valence-corrected chi connectivity index (χ3v) is 4.99. The van der Waals surface area contributed by atoms with Gasteiger partial charge in [-0.15, -0.1) is 10.2 Å². The van der Waals surface area contributed by atoms with Crippen LogP contribution in [0.4, 0.5) is 4.79 Å². The highest BCUT2D eigenvalue weighted by molar-refractivity contribution is 7.99. The molecular weight excluding hydrogens is 398 g/mol. The molecule has 1 aliphatic heterocycles. The van der Waals surface area contributed by atoms with Gasteiger partial charge in [0.25, 0.3) is 0 Å². The number of hydrogen-bond acceptors (Lipinski definition) is 8. The normalized spacial score (nSPS) is 16.1. The van der Waals surface area contributed by atoms with Crippen molar-refractivity contribution in [3.63, 3.8) is 0 Å². The van der Waals surface area contributed by atoms with Crippen LogP contribution in [0.2, 0.25) is 0 Å². The Labute approximate surface area is 171 Å². The summed E-state index contributed by atoms with van der Waals surface area (Å²) in [6.45, 7) is 2.05. The minimum absolute atomic E-state index is 0.0819. The molecule has 1 atom stereocenters. The molecule has 0 aliphatic carbocycles. The summed E-state index contributed by atoms with van der Waals surface area (Å²) in [6.07, 6.45) is 0.436. The maximum Gasteiger partial charge on any atom is 0.321 e. The Bertz CT molecular complexity index is 900. The van der Waals surface area contributed by atoms with Gasteiger partial charge in [-0.1, -0.05) is 17.8 Å². The first kappa shape index (κ1) is 20.6. The summed E-state index contributed by atoms with van der Waals surface area (Å²) in [4.78, 5) is 35.0. The fourth-order valence-corrected chi connectivity index (χ4v) is 3.65. The molecule has 1 fully saturated rings. The summed E-state index contributed by atoms with van der Waals surface area (Å²) in [5.74, 6) is 0.579. The van der Waals surface area contributed by atoms with E-state index in [1.54, 1.807) is 18.6 Å². The van der Waals surface area contributed by atoms with E-state index in [2.05, 4.69) is 20.8 Å². The molecule has 2 aromatic rings. The summed E-state index contributed by atoms with van der Waals surface area (Å²) in [7, 11) is 1.57. The standard InChI is InChI=1S/C18H21N5O5S/c1-3-28-16(25)10-29-18-22-21-14(7-11-8-15(24)20-17(26)19-11)23(18)12-5-4-6-13(9-12)27-2/h4-6,9,11H,3,7-8,10H2,1-2H3,(H2,19,20,24,26). The van der Waals surface area contributed by atoms with Gasteiger partial charge in [0.15, 0.2) is 5.16 Å². The second-order valence-electron chi connectivity index (χ2n) is 6.16. The average Bonchev–Trinajstić information content (AvgIpc) is 3.08. The molecule has 2 N–H and O–H groups in total. The Morgan fingerprint density at radius 3 is 2.90 bits per heavy atom. The fourth-order valence-electron chi connectivity index (χ4n) is 2.88. The number of ether oxygens (including phenoxy) is 2. The van der Waals surface area contributed by atoms with Crippen LogP contribution in [0.3, 0.4) is 0 Å². The molecule has 10 nitrogen and oxygen atoms in total. The number of carbonyl (C=O) groups excluding carboxylic acids is 3. The number of imide groups is 1. The van der Waals surface area contributed by atoms with Crippen LogP contribution in [0.5, 0.6) is 5.75 Å². The smallest absolute Gasteiger partial charge is 0.321 e. The van der Waals surface area contributed by atoms with E-state index in [1.807, 2.05) is 24.3 Å². The van der Waals surface area contributed by atoms with Crippen LogP contribution >= 0.6 is 11.8 Å². The molecule has 0 saturated carbocycles. The lowest BCUT2D eigenvalue weighted by atomic mass is 10.1. The van der Waals surface area contributed by atoms with Crippen molar-refractivity contribution in [2.75, 3.05) is 19.5 Å². The Morgan fingerprint density at radius 2 is 2.17 bits per heavy atom. The number of amides is 3. The molecule has 0 spiro atoms. The predicted octanol–water partition coefficient (Wildman–Crippen LogP) is 1.07. The summed E-state index contributed by atoms with van der Waals surface area (Å²) in [5, 5.41) is 13.8. The van der Waals surface area contributed by atoms with E-state index in [0.717, 1.165) is 5.69 Å². The number of thioether (sulfide) groups is 1.